The first kappa shape index (κ1) is 13.5. The average molecular weight is 299 g/mol. The minimum atomic E-state index is -0.274. The fourth-order valence-electron chi connectivity index (χ4n) is 1.99. The molecule has 0 radical (unpaired) electrons. The van der Waals surface area contributed by atoms with Gasteiger partial charge in [-0.15, -0.1) is 11.8 Å². The first-order valence-electron chi connectivity index (χ1n) is 6.28. The fourth-order valence-corrected chi connectivity index (χ4v) is 2.52. The molecule has 0 unspecified atom stereocenters. The molecule has 0 aliphatic rings. The number of nitrogen functional groups attached to an aromatic ring is 1. The Morgan fingerprint density at radius 3 is 2.86 bits per heavy atom. The highest BCUT2D eigenvalue weighted by Gasteiger charge is 2.08. The number of nitrogens with zero attached hydrogens (tertiary/aromatic N) is 1. The van der Waals surface area contributed by atoms with Gasteiger partial charge < -0.3 is 10.5 Å². The van der Waals surface area contributed by atoms with Crippen LogP contribution in [0.25, 0.3) is 10.9 Å². The Morgan fingerprint density at radius 1 is 1.24 bits per heavy atom. The first-order chi connectivity index (χ1) is 10.2. The molecular formula is C15H13N3O2S. The summed E-state index contributed by atoms with van der Waals surface area (Å²) in [5.41, 5.74) is 6.47. The maximum Gasteiger partial charge on any atom is 0.302 e. The minimum absolute atomic E-state index is 0.166. The fraction of sp³-hybridized carbons (Fsp3) is 0.0667. The zero-order valence-electron chi connectivity index (χ0n) is 11.3. The molecule has 3 aromatic rings. The number of para-hydroxylation sites is 1. The second-order valence-corrected chi connectivity index (χ2v) is 5.25. The van der Waals surface area contributed by atoms with Crippen LogP contribution in [0, 0.1) is 0 Å². The minimum Gasteiger partial charge on any atom is -0.424 e. The highest BCUT2D eigenvalue weighted by Crippen LogP contribution is 2.29. The van der Waals surface area contributed by atoms with Crippen molar-refractivity contribution in [1.29, 1.82) is 0 Å². The number of thioether (sulfide) groups is 1. The third-order valence-electron chi connectivity index (χ3n) is 2.98. The third kappa shape index (κ3) is 2.71. The number of nitrogens with two attached hydrogens (primary N) is 1. The van der Waals surface area contributed by atoms with Gasteiger partial charge in [0.25, 0.3) is 5.56 Å². The quantitative estimate of drug-likeness (QED) is 0.574. The summed E-state index contributed by atoms with van der Waals surface area (Å²) in [6.07, 6.45) is 1.96. The summed E-state index contributed by atoms with van der Waals surface area (Å²) in [5.74, 6) is 0.656. The monoisotopic (exact) mass is 299 g/mol. The summed E-state index contributed by atoms with van der Waals surface area (Å²) in [7, 11) is 0. The van der Waals surface area contributed by atoms with Gasteiger partial charge in [-0.3, -0.25) is 9.78 Å². The number of aromatic nitrogens is 2. The molecule has 1 heterocycles. The zero-order valence-corrected chi connectivity index (χ0v) is 12.1. The smallest absolute Gasteiger partial charge is 0.302 e. The Kier molecular flexibility index (Phi) is 3.53. The predicted molar refractivity (Wildman–Crippen MR) is 85.1 cm³/mol. The van der Waals surface area contributed by atoms with Crippen LogP contribution in [-0.2, 0) is 0 Å². The van der Waals surface area contributed by atoms with Gasteiger partial charge in [-0.1, -0.05) is 12.1 Å². The van der Waals surface area contributed by atoms with Crippen molar-refractivity contribution in [2.24, 2.45) is 0 Å². The van der Waals surface area contributed by atoms with Crippen molar-refractivity contribution in [3.63, 3.8) is 0 Å². The van der Waals surface area contributed by atoms with E-state index in [2.05, 4.69) is 9.97 Å². The zero-order chi connectivity index (χ0) is 14.8. The number of anilines is 1. The summed E-state index contributed by atoms with van der Waals surface area (Å²) in [4.78, 5) is 20.0. The molecule has 3 rings (SSSR count). The second kappa shape index (κ2) is 5.49. The number of hydrogen-bond acceptors (Lipinski definition) is 5. The van der Waals surface area contributed by atoms with E-state index in [1.54, 1.807) is 30.0 Å². The molecule has 0 spiro atoms. The van der Waals surface area contributed by atoms with Crippen LogP contribution in [-0.4, -0.2) is 16.2 Å². The molecular weight excluding hydrogens is 286 g/mol. The lowest BCUT2D eigenvalue weighted by molar-refractivity contribution is 0.433. The van der Waals surface area contributed by atoms with E-state index in [0.29, 0.717) is 22.3 Å². The Hall–Kier alpha value is -2.47. The highest BCUT2D eigenvalue weighted by atomic mass is 32.2. The van der Waals surface area contributed by atoms with Gasteiger partial charge >= 0.3 is 6.01 Å². The molecule has 106 valence electrons. The normalized spacial score (nSPS) is 10.7. The van der Waals surface area contributed by atoms with Crippen LogP contribution in [0.1, 0.15) is 0 Å². The lowest BCUT2D eigenvalue weighted by Crippen LogP contribution is -2.09. The number of ether oxygens (including phenoxy) is 1. The van der Waals surface area contributed by atoms with E-state index in [0.717, 1.165) is 4.90 Å². The van der Waals surface area contributed by atoms with E-state index in [9.17, 15) is 4.79 Å². The molecule has 6 heteroatoms. The van der Waals surface area contributed by atoms with Crippen molar-refractivity contribution in [2.75, 3.05) is 12.0 Å². The number of nitrogens with one attached hydrogen (secondary N) is 1. The Balaban J connectivity index is 2.05. The van der Waals surface area contributed by atoms with E-state index < -0.39 is 0 Å². The third-order valence-corrected chi connectivity index (χ3v) is 3.76. The van der Waals surface area contributed by atoms with E-state index in [1.165, 1.54) is 0 Å². The van der Waals surface area contributed by atoms with E-state index in [4.69, 9.17) is 10.5 Å². The molecule has 0 aliphatic heterocycles. The molecule has 0 fully saturated rings. The molecule has 1 aromatic heterocycles. The lowest BCUT2D eigenvalue weighted by Gasteiger charge is -2.08. The van der Waals surface area contributed by atoms with Gasteiger partial charge in [-0.2, -0.15) is 4.98 Å². The van der Waals surface area contributed by atoms with Crippen molar-refractivity contribution in [3.05, 3.63) is 52.8 Å². The summed E-state index contributed by atoms with van der Waals surface area (Å²) >= 11 is 1.56. The molecule has 3 N–H and O–H groups in total. The highest BCUT2D eigenvalue weighted by molar-refractivity contribution is 7.98. The SMILES string of the molecule is CSc1ccccc1Oc1nc2ccc(N)cc2c(=O)[nH]1. The van der Waals surface area contributed by atoms with Crippen LogP contribution in [0.15, 0.2) is 52.2 Å². The number of hydrogen-bond donors (Lipinski definition) is 2. The molecule has 2 aromatic carbocycles. The molecule has 0 saturated carbocycles. The topological polar surface area (TPSA) is 81.0 Å². The van der Waals surface area contributed by atoms with Crippen LogP contribution >= 0.6 is 11.8 Å². The summed E-state index contributed by atoms with van der Waals surface area (Å²) in [6, 6.07) is 12.7. The lowest BCUT2D eigenvalue weighted by atomic mass is 10.2. The molecule has 0 bridgehead atoms. The van der Waals surface area contributed by atoms with Gasteiger partial charge in [0, 0.05) is 10.6 Å². The number of aromatic amines is 1. The standard InChI is InChI=1S/C15H13N3O2S/c1-21-13-5-3-2-4-12(13)20-15-17-11-7-6-9(16)8-10(11)14(19)18-15/h2-8H,16H2,1H3,(H,17,18,19). The van der Waals surface area contributed by atoms with E-state index >= 15 is 0 Å². The maximum absolute atomic E-state index is 12.1. The Bertz CT molecular complexity index is 861. The second-order valence-electron chi connectivity index (χ2n) is 4.40. The van der Waals surface area contributed by atoms with Crippen LogP contribution in [0.5, 0.6) is 11.8 Å². The van der Waals surface area contributed by atoms with Crippen molar-refractivity contribution >= 4 is 28.4 Å². The van der Waals surface area contributed by atoms with Gasteiger partial charge in [-0.05, 0) is 36.6 Å². The first-order valence-corrected chi connectivity index (χ1v) is 7.50. The van der Waals surface area contributed by atoms with E-state index in [1.807, 2.05) is 30.5 Å². The van der Waals surface area contributed by atoms with Crippen LogP contribution in [0.2, 0.25) is 0 Å². The molecule has 21 heavy (non-hydrogen) atoms. The largest absolute Gasteiger partial charge is 0.424 e. The number of rotatable bonds is 3. The maximum atomic E-state index is 12.1. The number of H-pyrrole nitrogens is 1. The summed E-state index contributed by atoms with van der Waals surface area (Å²) in [5, 5.41) is 0.445. The molecule has 0 saturated heterocycles. The van der Waals surface area contributed by atoms with Crippen molar-refractivity contribution in [1.82, 2.24) is 9.97 Å². The van der Waals surface area contributed by atoms with Crippen molar-refractivity contribution in [3.8, 4) is 11.8 Å². The summed E-state index contributed by atoms with van der Waals surface area (Å²) < 4.78 is 5.70. The van der Waals surface area contributed by atoms with Gasteiger partial charge in [-0.25, -0.2) is 0 Å². The van der Waals surface area contributed by atoms with Gasteiger partial charge in [0.2, 0.25) is 0 Å². The van der Waals surface area contributed by atoms with Crippen LogP contribution in [0.3, 0.4) is 0 Å². The van der Waals surface area contributed by atoms with Crippen LogP contribution < -0.4 is 16.0 Å². The number of benzene rings is 2. The van der Waals surface area contributed by atoms with E-state index in [-0.39, 0.29) is 11.6 Å². The van der Waals surface area contributed by atoms with Gasteiger partial charge in [0.1, 0.15) is 5.75 Å². The van der Waals surface area contributed by atoms with Gasteiger partial charge in [0.15, 0.2) is 0 Å². The Morgan fingerprint density at radius 2 is 2.05 bits per heavy atom. The molecule has 5 nitrogen and oxygen atoms in total. The van der Waals surface area contributed by atoms with Crippen molar-refractivity contribution < 1.29 is 4.74 Å². The summed E-state index contributed by atoms with van der Waals surface area (Å²) in [6.45, 7) is 0. The van der Waals surface area contributed by atoms with Crippen molar-refractivity contribution in [2.45, 2.75) is 4.90 Å². The van der Waals surface area contributed by atoms with Crippen LogP contribution in [0.4, 0.5) is 5.69 Å². The average Bonchev–Trinajstić information content (AvgIpc) is 2.49. The molecule has 0 atom stereocenters. The van der Waals surface area contributed by atoms with Gasteiger partial charge in [0.05, 0.1) is 10.9 Å². The number of fused-ring (bicyclic) bond motifs is 1. The molecule has 0 amide bonds. The Labute approximate surface area is 125 Å². The predicted octanol–water partition coefficient (Wildman–Crippen LogP) is 3.02. The molecule has 0 aliphatic carbocycles.